The summed E-state index contributed by atoms with van der Waals surface area (Å²) in [7, 11) is 0. The van der Waals surface area contributed by atoms with Crippen LogP contribution in [0, 0.1) is 6.92 Å². The highest BCUT2D eigenvalue weighted by molar-refractivity contribution is 6.15. The Hall–Kier alpha value is -6.65. The first kappa shape index (κ1) is 29.5. The zero-order chi connectivity index (χ0) is 33.4. The third kappa shape index (κ3) is 5.33. The lowest BCUT2D eigenvalue weighted by Gasteiger charge is -2.10. The summed E-state index contributed by atoms with van der Waals surface area (Å²) in [5, 5.41) is 2.01. The number of nitrogens with zero attached hydrogens (tertiary/aromatic N) is 3. The Morgan fingerprint density at radius 1 is 0.380 bits per heavy atom. The van der Waals surface area contributed by atoms with Gasteiger partial charge in [-0.05, 0) is 46.4 Å². The number of rotatable bonds is 6. The van der Waals surface area contributed by atoms with Gasteiger partial charge in [-0.1, -0.05) is 164 Å². The first-order valence-corrected chi connectivity index (χ1v) is 16.8. The maximum Gasteiger partial charge on any atom is 0.164 e. The molecule has 50 heavy (non-hydrogen) atoms. The van der Waals surface area contributed by atoms with Gasteiger partial charge in [0.05, 0.1) is 0 Å². The summed E-state index contributed by atoms with van der Waals surface area (Å²) in [6.45, 7) is 2.17. The smallest absolute Gasteiger partial charge is 0.164 e. The van der Waals surface area contributed by atoms with E-state index in [1.807, 2.05) is 54.6 Å². The van der Waals surface area contributed by atoms with Gasteiger partial charge in [-0.3, -0.25) is 0 Å². The van der Waals surface area contributed by atoms with E-state index in [1.165, 1.54) is 22.3 Å². The summed E-state index contributed by atoms with van der Waals surface area (Å²) in [6.07, 6.45) is 0. The minimum Gasteiger partial charge on any atom is -0.455 e. The zero-order valence-corrected chi connectivity index (χ0v) is 27.4. The van der Waals surface area contributed by atoms with Gasteiger partial charge in [0.15, 0.2) is 17.5 Å². The molecule has 0 aliphatic rings. The largest absolute Gasteiger partial charge is 0.455 e. The van der Waals surface area contributed by atoms with Gasteiger partial charge < -0.3 is 4.42 Å². The van der Waals surface area contributed by atoms with Crippen LogP contribution in [0.5, 0.6) is 0 Å². The maximum absolute atomic E-state index is 6.68. The molecule has 0 N–H and O–H groups in total. The molecule has 7 aromatic carbocycles. The quantitative estimate of drug-likeness (QED) is 0.181. The maximum atomic E-state index is 6.68. The molecule has 0 aliphatic carbocycles. The van der Waals surface area contributed by atoms with Crippen molar-refractivity contribution in [1.29, 1.82) is 0 Å². The lowest BCUT2D eigenvalue weighted by atomic mass is 9.94. The van der Waals surface area contributed by atoms with Crippen molar-refractivity contribution in [2.24, 2.45) is 0 Å². The first-order chi connectivity index (χ1) is 24.7. The molecule has 4 nitrogen and oxygen atoms in total. The molecule has 0 unspecified atom stereocenters. The van der Waals surface area contributed by atoms with E-state index in [4.69, 9.17) is 19.4 Å². The normalized spacial score (nSPS) is 11.3. The first-order valence-electron chi connectivity index (χ1n) is 16.8. The lowest BCUT2D eigenvalue weighted by Crippen LogP contribution is -2.00. The molecule has 0 amide bonds. The number of aryl methyl sites for hydroxylation is 1. The van der Waals surface area contributed by atoms with Crippen LogP contribution in [0.2, 0.25) is 0 Å². The van der Waals surface area contributed by atoms with E-state index in [2.05, 4.69) is 122 Å². The summed E-state index contributed by atoms with van der Waals surface area (Å²) in [5.41, 5.74) is 12.5. The average Bonchev–Trinajstić information content (AvgIpc) is 3.58. The molecule has 0 atom stereocenters. The molecule has 0 spiro atoms. The predicted molar refractivity (Wildman–Crippen MR) is 204 cm³/mol. The Labute approximate surface area is 290 Å². The molecule has 0 radical (unpaired) electrons. The van der Waals surface area contributed by atoms with Crippen LogP contribution in [0.15, 0.2) is 174 Å². The second-order valence-corrected chi connectivity index (χ2v) is 12.5. The van der Waals surface area contributed by atoms with Gasteiger partial charge in [-0.2, -0.15) is 0 Å². The Morgan fingerprint density at radius 3 is 1.54 bits per heavy atom. The highest BCUT2D eigenvalue weighted by Gasteiger charge is 2.20. The van der Waals surface area contributed by atoms with Crippen LogP contribution in [0.25, 0.3) is 89.5 Å². The van der Waals surface area contributed by atoms with Crippen molar-refractivity contribution in [3.63, 3.8) is 0 Å². The molecule has 2 aromatic heterocycles. The number of aromatic nitrogens is 3. The third-order valence-electron chi connectivity index (χ3n) is 9.30. The van der Waals surface area contributed by atoms with Gasteiger partial charge in [0.25, 0.3) is 0 Å². The van der Waals surface area contributed by atoms with Crippen LogP contribution in [-0.2, 0) is 0 Å². The summed E-state index contributed by atoms with van der Waals surface area (Å²) in [5.74, 6) is 1.84. The Balaban J connectivity index is 1.19. The van der Waals surface area contributed by atoms with E-state index in [0.29, 0.717) is 17.5 Å². The topological polar surface area (TPSA) is 51.8 Å². The van der Waals surface area contributed by atoms with Crippen molar-refractivity contribution < 1.29 is 4.42 Å². The minimum absolute atomic E-state index is 0.600. The van der Waals surface area contributed by atoms with E-state index in [9.17, 15) is 0 Å². The van der Waals surface area contributed by atoms with E-state index in [1.54, 1.807) is 0 Å². The number of para-hydroxylation sites is 1. The molecule has 0 aliphatic heterocycles. The summed E-state index contributed by atoms with van der Waals surface area (Å²) < 4.78 is 6.68. The third-order valence-corrected chi connectivity index (χ3v) is 9.30. The van der Waals surface area contributed by atoms with Crippen molar-refractivity contribution in [2.75, 3.05) is 0 Å². The van der Waals surface area contributed by atoms with E-state index < -0.39 is 0 Å². The van der Waals surface area contributed by atoms with Crippen LogP contribution in [-0.4, -0.2) is 15.0 Å². The highest BCUT2D eigenvalue weighted by atomic mass is 16.3. The van der Waals surface area contributed by atoms with Gasteiger partial charge in [-0.25, -0.2) is 15.0 Å². The molecule has 0 saturated heterocycles. The fourth-order valence-electron chi connectivity index (χ4n) is 6.81. The molecule has 0 fully saturated rings. The van der Waals surface area contributed by atoms with Gasteiger partial charge >= 0.3 is 0 Å². The Morgan fingerprint density at radius 2 is 0.880 bits per heavy atom. The van der Waals surface area contributed by atoms with E-state index in [0.717, 1.165) is 55.3 Å². The van der Waals surface area contributed by atoms with Crippen LogP contribution < -0.4 is 0 Å². The van der Waals surface area contributed by atoms with Crippen molar-refractivity contribution in [2.45, 2.75) is 6.92 Å². The number of hydrogen-bond acceptors (Lipinski definition) is 4. The zero-order valence-electron chi connectivity index (χ0n) is 27.4. The average molecular weight is 642 g/mol. The van der Waals surface area contributed by atoms with Crippen molar-refractivity contribution in [3.05, 3.63) is 175 Å². The summed E-state index contributed by atoms with van der Waals surface area (Å²) >= 11 is 0. The molecule has 9 rings (SSSR count). The second-order valence-electron chi connectivity index (χ2n) is 12.5. The fraction of sp³-hybridized carbons (Fsp3) is 0.0217. The molecule has 0 saturated carbocycles. The summed E-state index contributed by atoms with van der Waals surface area (Å²) in [6, 6.07) is 58.5. The van der Waals surface area contributed by atoms with Crippen molar-refractivity contribution in [1.82, 2.24) is 15.0 Å². The molecule has 2 heterocycles. The molecule has 4 heteroatoms. The van der Waals surface area contributed by atoms with Gasteiger partial charge in [-0.15, -0.1) is 0 Å². The van der Waals surface area contributed by atoms with Gasteiger partial charge in [0.2, 0.25) is 0 Å². The number of benzene rings is 7. The van der Waals surface area contributed by atoms with Crippen molar-refractivity contribution in [3.8, 4) is 67.5 Å². The molecular weight excluding hydrogens is 611 g/mol. The van der Waals surface area contributed by atoms with E-state index in [-0.39, 0.29) is 0 Å². The number of hydrogen-bond donors (Lipinski definition) is 0. The Bertz CT molecular complexity index is 2630. The van der Waals surface area contributed by atoms with Gasteiger partial charge in [0, 0.05) is 33.0 Å². The standard InChI is InChI=1S/C46H31N3O/c1-30-29-36(32-15-7-3-8-16-32)27-28-37(30)38-19-11-20-39-42-40(21-12-22-41(42)50-43(38)39)46-48-44(34-17-9-4-10-18-34)47-45(49-46)35-25-23-33(24-26-35)31-13-5-2-6-14-31/h2-29H,1H3. The SMILES string of the molecule is Cc1cc(-c2ccccc2)ccc1-c1cccc2c1oc1cccc(-c3nc(-c4ccccc4)nc(-c4ccc(-c5ccccc5)cc4)n3)c12. The molecule has 236 valence electrons. The predicted octanol–water partition coefficient (Wildman–Crippen LogP) is 12.1. The second kappa shape index (κ2) is 12.4. The highest BCUT2D eigenvalue weighted by Crippen LogP contribution is 2.41. The molecule has 0 bridgehead atoms. The number of furan rings is 1. The fourth-order valence-corrected chi connectivity index (χ4v) is 6.81. The monoisotopic (exact) mass is 641 g/mol. The lowest BCUT2D eigenvalue weighted by molar-refractivity contribution is 0.670. The summed E-state index contributed by atoms with van der Waals surface area (Å²) in [4.78, 5) is 15.2. The Kier molecular flexibility index (Phi) is 7.33. The van der Waals surface area contributed by atoms with Gasteiger partial charge in [0.1, 0.15) is 11.2 Å². The van der Waals surface area contributed by atoms with Crippen molar-refractivity contribution >= 4 is 21.9 Å². The minimum atomic E-state index is 0.600. The molecule has 9 aromatic rings. The van der Waals surface area contributed by atoms with Crippen LogP contribution >= 0.6 is 0 Å². The van der Waals surface area contributed by atoms with E-state index >= 15 is 0 Å². The molecular formula is C46H31N3O. The van der Waals surface area contributed by atoms with Crippen LogP contribution in [0.1, 0.15) is 5.56 Å². The number of fused-ring (bicyclic) bond motifs is 3. The van der Waals surface area contributed by atoms with Crippen LogP contribution in [0.3, 0.4) is 0 Å². The van der Waals surface area contributed by atoms with Crippen LogP contribution in [0.4, 0.5) is 0 Å².